The molecule has 1 fully saturated rings. The molecule has 25 heavy (non-hydrogen) atoms. The zero-order chi connectivity index (χ0) is 17.8. The fourth-order valence-electron chi connectivity index (χ4n) is 3.17. The van der Waals surface area contributed by atoms with E-state index in [0.29, 0.717) is 25.4 Å². The first-order valence-electron chi connectivity index (χ1n) is 8.67. The lowest BCUT2D eigenvalue weighted by Gasteiger charge is -2.32. The maximum atomic E-state index is 12.9. The Labute approximate surface area is 147 Å². The van der Waals surface area contributed by atoms with Crippen molar-refractivity contribution >= 4 is 5.91 Å². The third-order valence-electron chi connectivity index (χ3n) is 4.38. The Bertz CT molecular complexity index is 799. The van der Waals surface area contributed by atoms with Gasteiger partial charge in [-0.3, -0.25) is 9.59 Å². The summed E-state index contributed by atoms with van der Waals surface area (Å²) >= 11 is 0. The number of benzene rings is 1. The number of nitrogens with zero attached hydrogens (tertiary/aromatic N) is 3. The van der Waals surface area contributed by atoms with E-state index in [1.165, 1.54) is 6.07 Å². The summed E-state index contributed by atoms with van der Waals surface area (Å²) in [6.45, 7) is 5.51. The molecule has 132 valence electrons. The Hall–Kier alpha value is -2.47. The van der Waals surface area contributed by atoms with Gasteiger partial charge in [0.1, 0.15) is 0 Å². The number of hydrogen-bond acceptors (Lipinski definition) is 4. The van der Waals surface area contributed by atoms with Crippen LogP contribution in [0, 0.1) is 6.92 Å². The zero-order valence-electron chi connectivity index (χ0n) is 14.6. The highest BCUT2D eigenvalue weighted by atomic mass is 16.5. The topological polar surface area (TPSA) is 64.4 Å². The highest BCUT2D eigenvalue weighted by Crippen LogP contribution is 2.15. The second kappa shape index (κ2) is 7.61. The summed E-state index contributed by atoms with van der Waals surface area (Å²) in [4.78, 5) is 26.9. The van der Waals surface area contributed by atoms with Gasteiger partial charge in [-0.15, -0.1) is 0 Å². The molecule has 0 radical (unpaired) electrons. The Morgan fingerprint density at radius 1 is 1.32 bits per heavy atom. The van der Waals surface area contributed by atoms with Crippen LogP contribution in [0.25, 0.3) is 5.69 Å². The normalized spacial score (nSPS) is 17.5. The van der Waals surface area contributed by atoms with E-state index in [-0.39, 0.29) is 23.1 Å². The maximum Gasteiger partial charge on any atom is 0.278 e. The van der Waals surface area contributed by atoms with Crippen LogP contribution in [0.5, 0.6) is 0 Å². The molecule has 0 spiro atoms. The van der Waals surface area contributed by atoms with E-state index in [1.54, 1.807) is 9.58 Å². The van der Waals surface area contributed by atoms with E-state index in [0.717, 1.165) is 18.5 Å². The molecule has 1 aromatic heterocycles. The molecule has 2 heterocycles. The van der Waals surface area contributed by atoms with Crippen LogP contribution in [0.2, 0.25) is 0 Å². The van der Waals surface area contributed by atoms with E-state index >= 15 is 0 Å². The summed E-state index contributed by atoms with van der Waals surface area (Å²) in [5, 5.41) is 4.36. The molecule has 1 aromatic carbocycles. The molecule has 6 nitrogen and oxygen atoms in total. The van der Waals surface area contributed by atoms with Crippen LogP contribution in [-0.2, 0) is 4.74 Å². The number of aryl methyl sites for hydroxylation is 1. The van der Waals surface area contributed by atoms with Gasteiger partial charge in [-0.25, -0.2) is 4.68 Å². The molecule has 1 atom stereocenters. The second-order valence-corrected chi connectivity index (χ2v) is 6.22. The number of hydrogen-bond donors (Lipinski definition) is 0. The Morgan fingerprint density at radius 3 is 2.80 bits per heavy atom. The number of aromatic nitrogens is 2. The minimum absolute atomic E-state index is 0.0319. The molecular formula is C19H23N3O3. The third kappa shape index (κ3) is 3.79. The molecule has 6 heteroatoms. The minimum atomic E-state index is -0.340. The van der Waals surface area contributed by atoms with Crippen LogP contribution in [0.15, 0.2) is 41.2 Å². The average Bonchev–Trinajstić information content (AvgIpc) is 2.62. The van der Waals surface area contributed by atoms with Crippen molar-refractivity contribution in [3.8, 4) is 5.69 Å². The van der Waals surface area contributed by atoms with Gasteiger partial charge in [0.05, 0.1) is 11.8 Å². The number of carbonyl (C=O) groups excluding carboxylic acids is 1. The summed E-state index contributed by atoms with van der Waals surface area (Å²) in [5.41, 5.74) is 1.14. The molecule has 1 aliphatic heterocycles. The standard InChI is InChI=1S/C19H23N3O3/c1-3-25-16-10-7-11-21(13-16)19(24)18-17(23)12-14(2)22(20-18)15-8-5-4-6-9-15/h4-6,8-9,12,16H,3,7,10-11,13H2,1-2H3/t16-/m0/s1. The van der Waals surface area contributed by atoms with Crippen LogP contribution in [0.1, 0.15) is 35.9 Å². The summed E-state index contributed by atoms with van der Waals surface area (Å²) in [7, 11) is 0. The first-order chi connectivity index (χ1) is 12.1. The van der Waals surface area contributed by atoms with E-state index in [9.17, 15) is 9.59 Å². The molecule has 1 amide bonds. The van der Waals surface area contributed by atoms with Crippen molar-refractivity contribution in [1.29, 1.82) is 0 Å². The Balaban J connectivity index is 1.91. The van der Waals surface area contributed by atoms with Gasteiger partial charge in [-0.2, -0.15) is 5.10 Å². The van der Waals surface area contributed by atoms with Gasteiger partial charge < -0.3 is 9.64 Å². The van der Waals surface area contributed by atoms with Crippen molar-refractivity contribution in [3.05, 3.63) is 58.0 Å². The number of likely N-dealkylation sites (tertiary alicyclic amines) is 1. The third-order valence-corrected chi connectivity index (χ3v) is 4.38. The van der Waals surface area contributed by atoms with Crippen molar-refractivity contribution in [1.82, 2.24) is 14.7 Å². The summed E-state index contributed by atoms with van der Waals surface area (Å²) < 4.78 is 7.28. The molecule has 0 saturated carbocycles. The summed E-state index contributed by atoms with van der Waals surface area (Å²) in [6, 6.07) is 11.0. The predicted molar refractivity (Wildman–Crippen MR) is 95.1 cm³/mol. The number of rotatable bonds is 4. The molecule has 3 rings (SSSR count). The molecule has 1 saturated heterocycles. The van der Waals surface area contributed by atoms with Crippen LogP contribution in [0.4, 0.5) is 0 Å². The first-order valence-corrected chi connectivity index (χ1v) is 8.67. The number of ether oxygens (including phenoxy) is 1. The summed E-state index contributed by atoms with van der Waals surface area (Å²) in [6.07, 6.45) is 1.84. The van der Waals surface area contributed by atoms with Crippen LogP contribution >= 0.6 is 0 Å². The van der Waals surface area contributed by atoms with Crippen molar-refractivity contribution in [2.45, 2.75) is 32.8 Å². The minimum Gasteiger partial charge on any atom is -0.377 e. The molecular weight excluding hydrogens is 318 g/mol. The molecule has 0 aliphatic carbocycles. The van der Waals surface area contributed by atoms with Crippen LogP contribution in [-0.4, -0.2) is 46.4 Å². The molecule has 0 unspecified atom stereocenters. The number of amides is 1. The quantitative estimate of drug-likeness (QED) is 0.855. The van der Waals surface area contributed by atoms with E-state index in [1.807, 2.05) is 44.2 Å². The van der Waals surface area contributed by atoms with E-state index < -0.39 is 0 Å². The van der Waals surface area contributed by atoms with Gasteiger partial charge in [0.25, 0.3) is 5.91 Å². The SMILES string of the molecule is CCO[C@H]1CCCN(C(=O)c2nn(-c3ccccc3)c(C)cc2=O)C1. The summed E-state index contributed by atoms with van der Waals surface area (Å²) in [5.74, 6) is -0.320. The first kappa shape index (κ1) is 17.4. The number of piperidine rings is 1. The Morgan fingerprint density at radius 2 is 2.08 bits per heavy atom. The predicted octanol–water partition coefficient (Wildman–Crippen LogP) is 2.18. The van der Waals surface area contributed by atoms with Crippen LogP contribution < -0.4 is 5.43 Å². The molecule has 1 aliphatic rings. The van der Waals surface area contributed by atoms with Gasteiger partial charge in [-0.05, 0) is 38.8 Å². The van der Waals surface area contributed by atoms with E-state index in [4.69, 9.17) is 4.74 Å². The van der Waals surface area contributed by atoms with Gasteiger partial charge in [0.15, 0.2) is 5.69 Å². The Kier molecular flexibility index (Phi) is 5.28. The van der Waals surface area contributed by atoms with Gasteiger partial charge in [0, 0.05) is 31.5 Å². The van der Waals surface area contributed by atoms with Gasteiger partial charge >= 0.3 is 0 Å². The maximum absolute atomic E-state index is 12.9. The molecule has 2 aromatic rings. The van der Waals surface area contributed by atoms with Gasteiger partial charge in [-0.1, -0.05) is 18.2 Å². The van der Waals surface area contributed by atoms with Crippen molar-refractivity contribution in [2.75, 3.05) is 19.7 Å². The van der Waals surface area contributed by atoms with Gasteiger partial charge in [0.2, 0.25) is 5.43 Å². The molecule has 0 N–H and O–H groups in total. The fraction of sp³-hybridized carbons (Fsp3) is 0.421. The molecule has 0 bridgehead atoms. The van der Waals surface area contributed by atoms with Crippen molar-refractivity contribution in [2.24, 2.45) is 0 Å². The monoisotopic (exact) mass is 341 g/mol. The fourth-order valence-corrected chi connectivity index (χ4v) is 3.17. The number of carbonyl (C=O) groups is 1. The van der Waals surface area contributed by atoms with Crippen LogP contribution in [0.3, 0.4) is 0 Å². The smallest absolute Gasteiger partial charge is 0.278 e. The van der Waals surface area contributed by atoms with Crippen molar-refractivity contribution < 1.29 is 9.53 Å². The second-order valence-electron chi connectivity index (χ2n) is 6.22. The van der Waals surface area contributed by atoms with E-state index in [2.05, 4.69) is 5.10 Å². The largest absolute Gasteiger partial charge is 0.377 e. The lowest BCUT2D eigenvalue weighted by Crippen LogP contribution is -2.45. The highest BCUT2D eigenvalue weighted by molar-refractivity contribution is 5.92. The highest BCUT2D eigenvalue weighted by Gasteiger charge is 2.27. The zero-order valence-corrected chi connectivity index (χ0v) is 14.6. The number of para-hydroxylation sites is 1. The lowest BCUT2D eigenvalue weighted by molar-refractivity contribution is 0.00691. The van der Waals surface area contributed by atoms with Crippen molar-refractivity contribution in [3.63, 3.8) is 0 Å². The average molecular weight is 341 g/mol. The lowest BCUT2D eigenvalue weighted by atomic mass is 10.1.